The Balaban J connectivity index is 2.65. The van der Waals surface area contributed by atoms with E-state index in [9.17, 15) is 4.79 Å². The maximum absolute atomic E-state index is 11.0. The number of methoxy groups -OCH3 is 1. The number of aromatic nitrogens is 2. The molecular formula is C12H19N3O3. The summed E-state index contributed by atoms with van der Waals surface area (Å²) < 4.78 is 5.04. The van der Waals surface area contributed by atoms with E-state index in [1.54, 1.807) is 7.11 Å². The first-order chi connectivity index (χ1) is 8.46. The molecule has 0 aliphatic carbocycles. The highest BCUT2D eigenvalue weighted by Crippen LogP contribution is 2.21. The smallest absolute Gasteiger partial charge is 0.358 e. The predicted octanol–water partition coefficient (Wildman–Crippen LogP) is 1.65. The van der Waals surface area contributed by atoms with Crippen molar-refractivity contribution in [3.05, 3.63) is 18.1 Å². The van der Waals surface area contributed by atoms with E-state index >= 15 is 0 Å². The van der Waals surface area contributed by atoms with Crippen molar-refractivity contribution in [2.45, 2.75) is 20.3 Å². The third kappa shape index (κ3) is 4.29. The Labute approximate surface area is 106 Å². The summed E-state index contributed by atoms with van der Waals surface area (Å²) >= 11 is 0. The van der Waals surface area contributed by atoms with Crippen molar-refractivity contribution >= 4 is 11.8 Å². The molecule has 1 aromatic rings. The molecule has 0 spiro atoms. The van der Waals surface area contributed by atoms with Gasteiger partial charge in [-0.25, -0.2) is 14.8 Å². The molecule has 6 nitrogen and oxygen atoms in total. The highest BCUT2D eigenvalue weighted by Gasteiger charge is 2.19. The van der Waals surface area contributed by atoms with E-state index in [2.05, 4.69) is 29.1 Å². The van der Waals surface area contributed by atoms with Gasteiger partial charge in [0.1, 0.15) is 0 Å². The Morgan fingerprint density at radius 3 is 2.72 bits per heavy atom. The second kappa shape index (κ2) is 6.30. The summed E-state index contributed by atoms with van der Waals surface area (Å²) in [7, 11) is 1.66. The van der Waals surface area contributed by atoms with Gasteiger partial charge in [0.2, 0.25) is 0 Å². The molecule has 2 N–H and O–H groups in total. The van der Waals surface area contributed by atoms with Gasteiger partial charge in [0, 0.05) is 32.7 Å². The van der Waals surface area contributed by atoms with Crippen LogP contribution >= 0.6 is 0 Å². The largest absolute Gasteiger partial charge is 0.476 e. The van der Waals surface area contributed by atoms with Crippen molar-refractivity contribution in [3.63, 3.8) is 0 Å². The summed E-state index contributed by atoms with van der Waals surface area (Å²) in [4.78, 5) is 18.7. The van der Waals surface area contributed by atoms with E-state index in [-0.39, 0.29) is 11.1 Å². The van der Waals surface area contributed by atoms with Crippen molar-refractivity contribution in [2.24, 2.45) is 5.41 Å². The summed E-state index contributed by atoms with van der Waals surface area (Å²) in [5.41, 5.74) is -0.0661. The number of nitrogens with zero attached hydrogens (tertiary/aromatic N) is 2. The van der Waals surface area contributed by atoms with Crippen molar-refractivity contribution in [1.82, 2.24) is 9.97 Å². The van der Waals surface area contributed by atoms with Crippen LogP contribution in [0.2, 0.25) is 0 Å². The number of carboxylic acid groups (broad SMARTS) is 1. The van der Waals surface area contributed by atoms with E-state index < -0.39 is 5.97 Å². The first-order valence-electron chi connectivity index (χ1n) is 5.73. The number of ether oxygens (including phenoxy) is 1. The molecule has 100 valence electrons. The Morgan fingerprint density at radius 1 is 1.44 bits per heavy atom. The number of aromatic carboxylic acids is 1. The van der Waals surface area contributed by atoms with Gasteiger partial charge >= 0.3 is 5.97 Å². The molecule has 0 aliphatic rings. The molecule has 0 radical (unpaired) electrons. The summed E-state index contributed by atoms with van der Waals surface area (Å²) in [6.45, 7) is 5.43. The number of anilines is 1. The van der Waals surface area contributed by atoms with Crippen molar-refractivity contribution < 1.29 is 14.6 Å². The number of carboxylic acids is 1. The van der Waals surface area contributed by atoms with Gasteiger partial charge in [-0.05, 0) is 11.8 Å². The second-order valence-electron chi connectivity index (χ2n) is 4.82. The van der Waals surface area contributed by atoms with Gasteiger partial charge in [0.15, 0.2) is 11.5 Å². The van der Waals surface area contributed by atoms with E-state index in [0.717, 1.165) is 6.42 Å². The molecule has 0 amide bonds. The average Bonchev–Trinajstić information content (AvgIpc) is 2.34. The van der Waals surface area contributed by atoms with Crippen LogP contribution in [0, 0.1) is 5.41 Å². The van der Waals surface area contributed by atoms with Crippen LogP contribution in [-0.4, -0.2) is 41.3 Å². The lowest BCUT2D eigenvalue weighted by molar-refractivity contribution is 0.0691. The second-order valence-corrected chi connectivity index (χ2v) is 4.82. The molecule has 0 saturated heterocycles. The Hall–Kier alpha value is -1.69. The van der Waals surface area contributed by atoms with Gasteiger partial charge in [0.05, 0.1) is 0 Å². The minimum Gasteiger partial charge on any atom is -0.476 e. The lowest BCUT2D eigenvalue weighted by Crippen LogP contribution is -2.26. The zero-order valence-corrected chi connectivity index (χ0v) is 10.9. The fourth-order valence-electron chi connectivity index (χ4n) is 1.41. The maximum atomic E-state index is 11.0. The van der Waals surface area contributed by atoms with E-state index in [0.29, 0.717) is 19.0 Å². The standard InChI is InChI=1S/C12H19N3O3/c1-12(2,4-7-18-3)8-15-10-9(11(16)17)13-5-6-14-10/h5-6H,4,7-8H2,1-3H3,(H,14,15)(H,16,17). The summed E-state index contributed by atoms with van der Waals surface area (Å²) in [6, 6.07) is 0. The van der Waals surface area contributed by atoms with Crippen LogP contribution < -0.4 is 5.32 Å². The van der Waals surface area contributed by atoms with Gasteiger partial charge in [0.25, 0.3) is 0 Å². The van der Waals surface area contributed by atoms with Crippen LogP contribution in [0.4, 0.5) is 5.82 Å². The fourth-order valence-corrected chi connectivity index (χ4v) is 1.41. The number of hydrogen-bond acceptors (Lipinski definition) is 5. The quantitative estimate of drug-likeness (QED) is 0.768. The molecule has 0 aliphatic heterocycles. The average molecular weight is 253 g/mol. The predicted molar refractivity (Wildman–Crippen MR) is 67.8 cm³/mol. The molecule has 0 unspecified atom stereocenters. The zero-order valence-electron chi connectivity index (χ0n) is 10.9. The molecule has 0 aromatic carbocycles. The molecule has 1 heterocycles. The number of hydrogen-bond donors (Lipinski definition) is 2. The molecular weight excluding hydrogens is 234 g/mol. The molecule has 0 fully saturated rings. The molecule has 0 saturated carbocycles. The third-order valence-electron chi connectivity index (χ3n) is 2.62. The van der Waals surface area contributed by atoms with Crippen LogP contribution in [0.1, 0.15) is 30.8 Å². The highest BCUT2D eigenvalue weighted by atomic mass is 16.5. The van der Waals surface area contributed by atoms with Gasteiger partial charge in [-0.3, -0.25) is 0 Å². The minimum atomic E-state index is -1.08. The normalized spacial score (nSPS) is 11.3. The number of rotatable bonds is 7. The SMILES string of the molecule is COCCC(C)(C)CNc1nccnc1C(=O)O. The monoisotopic (exact) mass is 253 g/mol. The third-order valence-corrected chi connectivity index (χ3v) is 2.62. The van der Waals surface area contributed by atoms with E-state index in [4.69, 9.17) is 9.84 Å². The Bertz CT molecular complexity index is 407. The first kappa shape index (κ1) is 14.4. The van der Waals surface area contributed by atoms with Crippen LogP contribution in [0.5, 0.6) is 0 Å². The Kier molecular flexibility index (Phi) is 5.03. The maximum Gasteiger partial charge on any atom is 0.358 e. The van der Waals surface area contributed by atoms with E-state index in [1.165, 1.54) is 12.4 Å². The summed E-state index contributed by atoms with van der Waals surface area (Å²) in [5.74, 6) is -0.782. The van der Waals surface area contributed by atoms with E-state index in [1.807, 2.05) is 0 Å². The zero-order chi connectivity index (χ0) is 13.6. The molecule has 0 bridgehead atoms. The van der Waals surface area contributed by atoms with Crippen molar-refractivity contribution in [1.29, 1.82) is 0 Å². The molecule has 1 aromatic heterocycles. The van der Waals surface area contributed by atoms with Gasteiger partial charge in [-0.1, -0.05) is 13.8 Å². The van der Waals surface area contributed by atoms with Crippen LogP contribution in [0.15, 0.2) is 12.4 Å². The number of carbonyl (C=O) groups is 1. The van der Waals surface area contributed by atoms with Crippen LogP contribution in [-0.2, 0) is 4.74 Å². The van der Waals surface area contributed by atoms with Gasteiger partial charge in [-0.15, -0.1) is 0 Å². The Morgan fingerprint density at radius 2 is 2.11 bits per heavy atom. The van der Waals surface area contributed by atoms with Crippen molar-refractivity contribution in [2.75, 3.05) is 25.6 Å². The van der Waals surface area contributed by atoms with Crippen molar-refractivity contribution in [3.8, 4) is 0 Å². The summed E-state index contributed by atoms with van der Waals surface area (Å²) in [6.07, 6.45) is 3.71. The van der Waals surface area contributed by atoms with Crippen LogP contribution in [0.3, 0.4) is 0 Å². The van der Waals surface area contributed by atoms with Gasteiger partial charge < -0.3 is 15.2 Å². The highest BCUT2D eigenvalue weighted by molar-refractivity contribution is 5.90. The molecule has 6 heteroatoms. The number of nitrogens with one attached hydrogen (secondary N) is 1. The first-order valence-corrected chi connectivity index (χ1v) is 5.73. The fraction of sp³-hybridized carbons (Fsp3) is 0.583. The topological polar surface area (TPSA) is 84.3 Å². The lowest BCUT2D eigenvalue weighted by atomic mass is 9.90. The van der Waals surface area contributed by atoms with Gasteiger partial charge in [-0.2, -0.15) is 0 Å². The summed E-state index contributed by atoms with van der Waals surface area (Å²) in [5, 5.41) is 12.0. The van der Waals surface area contributed by atoms with Crippen LogP contribution in [0.25, 0.3) is 0 Å². The lowest BCUT2D eigenvalue weighted by Gasteiger charge is -2.25. The minimum absolute atomic E-state index is 0.0106. The molecule has 1 rings (SSSR count). The molecule has 18 heavy (non-hydrogen) atoms. The molecule has 0 atom stereocenters.